The van der Waals surface area contributed by atoms with E-state index in [1.165, 1.54) is 28.2 Å². The van der Waals surface area contributed by atoms with E-state index in [-0.39, 0.29) is 0 Å². The second-order valence-electron chi connectivity index (χ2n) is 4.75. The van der Waals surface area contributed by atoms with Gasteiger partial charge in [0.05, 0.1) is 0 Å². The highest BCUT2D eigenvalue weighted by Crippen LogP contribution is 2.30. The first-order chi connectivity index (χ1) is 7.58. The topological polar surface area (TPSA) is 12.0 Å². The lowest BCUT2D eigenvalue weighted by Crippen LogP contribution is -2.22. The summed E-state index contributed by atoms with van der Waals surface area (Å²) in [5.74, 6) is 0.798. The van der Waals surface area contributed by atoms with Crippen molar-refractivity contribution in [1.29, 1.82) is 0 Å². The molecule has 92 valence electrons. The zero-order valence-corrected chi connectivity index (χ0v) is 12.1. The van der Waals surface area contributed by atoms with Crippen LogP contribution in [0.15, 0.2) is 6.07 Å². The first-order valence-electron chi connectivity index (χ1n) is 6.38. The summed E-state index contributed by atoms with van der Waals surface area (Å²) < 4.78 is 0. The van der Waals surface area contributed by atoms with E-state index in [4.69, 9.17) is 0 Å². The molecular formula is C14H25NS. The van der Waals surface area contributed by atoms with Gasteiger partial charge in [-0.3, -0.25) is 0 Å². The summed E-state index contributed by atoms with van der Waals surface area (Å²) in [4.78, 5) is 2.97. The molecule has 2 heteroatoms. The molecule has 0 aliphatic heterocycles. The minimum atomic E-state index is 0.553. The Morgan fingerprint density at radius 3 is 2.44 bits per heavy atom. The summed E-state index contributed by atoms with van der Waals surface area (Å²) in [6.07, 6.45) is 2.52. The van der Waals surface area contributed by atoms with Crippen molar-refractivity contribution in [3.63, 3.8) is 0 Å². The van der Waals surface area contributed by atoms with Crippen LogP contribution in [-0.2, 0) is 0 Å². The van der Waals surface area contributed by atoms with E-state index in [0.717, 1.165) is 12.5 Å². The number of aryl methyl sites for hydroxylation is 2. The van der Waals surface area contributed by atoms with Crippen LogP contribution in [0.1, 0.15) is 55.0 Å². The second-order valence-corrected chi connectivity index (χ2v) is 6.04. The molecule has 1 N–H and O–H groups in total. The van der Waals surface area contributed by atoms with Gasteiger partial charge in [-0.1, -0.05) is 27.2 Å². The minimum absolute atomic E-state index is 0.553. The van der Waals surface area contributed by atoms with E-state index in [1.54, 1.807) is 0 Å². The van der Waals surface area contributed by atoms with E-state index in [0.29, 0.717) is 6.04 Å². The summed E-state index contributed by atoms with van der Waals surface area (Å²) in [7, 11) is 0. The van der Waals surface area contributed by atoms with Crippen LogP contribution >= 0.6 is 11.3 Å². The maximum atomic E-state index is 3.62. The Kier molecular flexibility index (Phi) is 5.50. The quantitative estimate of drug-likeness (QED) is 0.773. The number of rotatable bonds is 6. The summed E-state index contributed by atoms with van der Waals surface area (Å²) in [6.45, 7) is 12.3. The zero-order valence-electron chi connectivity index (χ0n) is 11.3. The summed E-state index contributed by atoms with van der Waals surface area (Å²) >= 11 is 1.95. The standard InChI is InChI=1S/C14H25NS/c1-6-10(3)8-13(15-7-2)14-9-11(4)12(5)16-14/h9-10,13,15H,6-8H2,1-5H3. The van der Waals surface area contributed by atoms with Gasteiger partial charge >= 0.3 is 0 Å². The highest BCUT2D eigenvalue weighted by molar-refractivity contribution is 7.12. The molecule has 0 fully saturated rings. The van der Waals surface area contributed by atoms with E-state index in [1.807, 2.05) is 11.3 Å². The Morgan fingerprint density at radius 2 is 2.00 bits per heavy atom. The van der Waals surface area contributed by atoms with Gasteiger partial charge in [-0.05, 0) is 44.4 Å². The predicted molar refractivity (Wildman–Crippen MR) is 74.3 cm³/mol. The second kappa shape index (κ2) is 6.41. The molecule has 0 aromatic carbocycles. The van der Waals surface area contributed by atoms with Crippen molar-refractivity contribution in [3.05, 3.63) is 21.4 Å². The summed E-state index contributed by atoms with van der Waals surface area (Å²) in [5.41, 5.74) is 1.44. The van der Waals surface area contributed by atoms with Crippen molar-refractivity contribution in [1.82, 2.24) is 5.32 Å². The molecule has 0 spiro atoms. The molecule has 16 heavy (non-hydrogen) atoms. The fourth-order valence-electron chi connectivity index (χ4n) is 1.89. The molecule has 0 saturated heterocycles. The number of nitrogens with one attached hydrogen (secondary N) is 1. The Morgan fingerprint density at radius 1 is 1.31 bits per heavy atom. The van der Waals surface area contributed by atoms with Crippen LogP contribution in [0.2, 0.25) is 0 Å². The molecular weight excluding hydrogens is 214 g/mol. The highest BCUT2D eigenvalue weighted by atomic mass is 32.1. The van der Waals surface area contributed by atoms with Crippen molar-refractivity contribution in [2.45, 2.75) is 53.5 Å². The minimum Gasteiger partial charge on any atom is -0.310 e. The van der Waals surface area contributed by atoms with Crippen LogP contribution < -0.4 is 5.32 Å². The van der Waals surface area contributed by atoms with Gasteiger partial charge in [0, 0.05) is 15.8 Å². The number of thiophene rings is 1. The highest BCUT2D eigenvalue weighted by Gasteiger charge is 2.16. The molecule has 2 unspecified atom stereocenters. The van der Waals surface area contributed by atoms with Crippen LogP contribution in [0.5, 0.6) is 0 Å². The van der Waals surface area contributed by atoms with Crippen LogP contribution in [-0.4, -0.2) is 6.54 Å². The molecule has 0 radical (unpaired) electrons. The maximum Gasteiger partial charge on any atom is 0.0417 e. The number of hydrogen-bond donors (Lipinski definition) is 1. The molecule has 0 saturated carbocycles. The van der Waals surface area contributed by atoms with Gasteiger partial charge in [0.2, 0.25) is 0 Å². The van der Waals surface area contributed by atoms with Gasteiger partial charge in [0.1, 0.15) is 0 Å². The molecule has 0 aliphatic rings. The van der Waals surface area contributed by atoms with E-state index < -0.39 is 0 Å². The summed E-state index contributed by atoms with van der Waals surface area (Å²) in [5, 5.41) is 3.62. The predicted octanol–water partition coefficient (Wildman–Crippen LogP) is 4.45. The van der Waals surface area contributed by atoms with E-state index >= 15 is 0 Å². The van der Waals surface area contributed by atoms with Crippen molar-refractivity contribution in [2.75, 3.05) is 6.54 Å². The van der Waals surface area contributed by atoms with Gasteiger partial charge in [-0.15, -0.1) is 11.3 Å². The fraction of sp³-hybridized carbons (Fsp3) is 0.714. The number of hydrogen-bond acceptors (Lipinski definition) is 2. The van der Waals surface area contributed by atoms with E-state index in [2.05, 4.69) is 46.0 Å². The third-order valence-electron chi connectivity index (χ3n) is 3.31. The van der Waals surface area contributed by atoms with Crippen LogP contribution in [0.25, 0.3) is 0 Å². The molecule has 1 aromatic rings. The summed E-state index contributed by atoms with van der Waals surface area (Å²) in [6, 6.07) is 2.91. The lowest BCUT2D eigenvalue weighted by Gasteiger charge is -2.19. The van der Waals surface area contributed by atoms with Gasteiger partial charge in [0.15, 0.2) is 0 Å². The van der Waals surface area contributed by atoms with Crippen molar-refractivity contribution in [2.24, 2.45) is 5.92 Å². The SMILES string of the molecule is CCNC(CC(C)CC)c1cc(C)c(C)s1. The average Bonchev–Trinajstić information content (AvgIpc) is 2.58. The lowest BCUT2D eigenvalue weighted by atomic mass is 9.98. The fourth-order valence-corrected chi connectivity index (χ4v) is 3.02. The molecule has 1 heterocycles. The van der Waals surface area contributed by atoms with Gasteiger partial charge in [0.25, 0.3) is 0 Å². The first-order valence-corrected chi connectivity index (χ1v) is 7.20. The Balaban J connectivity index is 2.76. The monoisotopic (exact) mass is 239 g/mol. The molecule has 1 rings (SSSR count). The van der Waals surface area contributed by atoms with E-state index in [9.17, 15) is 0 Å². The average molecular weight is 239 g/mol. The van der Waals surface area contributed by atoms with Gasteiger partial charge < -0.3 is 5.32 Å². The Bertz CT molecular complexity index is 297. The molecule has 0 aliphatic carbocycles. The van der Waals surface area contributed by atoms with Crippen molar-refractivity contribution < 1.29 is 0 Å². The normalized spacial score (nSPS) is 15.1. The van der Waals surface area contributed by atoms with Crippen molar-refractivity contribution in [3.8, 4) is 0 Å². The first kappa shape index (κ1) is 13.7. The molecule has 0 amide bonds. The Labute approximate surface area is 104 Å². The maximum absolute atomic E-state index is 3.62. The van der Waals surface area contributed by atoms with Gasteiger partial charge in [-0.25, -0.2) is 0 Å². The molecule has 0 bridgehead atoms. The van der Waals surface area contributed by atoms with Crippen molar-refractivity contribution >= 4 is 11.3 Å². The van der Waals surface area contributed by atoms with Gasteiger partial charge in [-0.2, -0.15) is 0 Å². The largest absolute Gasteiger partial charge is 0.310 e. The smallest absolute Gasteiger partial charge is 0.0417 e. The molecule has 2 atom stereocenters. The third kappa shape index (κ3) is 3.60. The van der Waals surface area contributed by atoms with Crippen LogP contribution in [0.4, 0.5) is 0 Å². The van der Waals surface area contributed by atoms with Crippen LogP contribution in [0, 0.1) is 19.8 Å². The zero-order chi connectivity index (χ0) is 12.1. The molecule has 1 nitrogen and oxygen atoms in total. The Hall–Kier alpha value is -0.340. The van der Waals surface area contributed by atoms with Crippen LogP contribution in [0.3, 0.4) is 0 Å². The third-order valence-corrected chi connectivity index (χ3v) is 4.58. The molecule has 1 aromatic heterocycles. The lowest BCUT2D eigenvalue weighted by molar-refractivity contribution is 0.412.